The molecule has 1 aromatic carbocycles. The van der Waals surface area contributed by atoms with Crippen LogP contribution in [-0.4, -0.2) is 16.0 Å². The zero-order chi connectivity index (χ0) is 15.4. The summed E-state index contributed by atoms with van der Waals surface area (Å²) in [6, 6.07) is 11.3. The average Bonchev–Trinajstić information content (AvgIpc) is 3.17. The third-order valence-electron chi connectivity index (χ3n) is 2.85. The van der Waals surface area contributed by atoms with Gasteiger partial charge in [0.15, 0.2) is 10.2 Å². The lowest BCUT2D eigenvalue weighted by molar-refractivity contribution is -0.115. The van der Waals surface area contributed by atoms with Crippen LogP contribution in [0.4, 0.5) is 5.82 Å². The van der Waals surface area contributed by atoms with E-state index in [1.807, 2.05) is 35.7 Å². The zero-order valence-electron chi connectivity index (χ0n) is 11.7. The highest BCUT2D eigenvalue weighted by molar-refractivity contribution is 8.01. The molecule has 0 aliphatic rings. The van der Waals surface area contributed by atoms with Gasteiger partial charge in [0.25, 0.3) is 0 Å². The fraction of sp³-hybridized carbons (Fsp3) is 0.133. The number of carbonyl (C=O) groups is 1. The molecule has 0 bridgehead atoms. The summed E-state index contributed by atoms with van der Waals surface area (Å²) < 4.78 is 5.82. The number of nitrogens with one attached hydrogen (secondary N) is 1. The molecular weight excluding hydrogens is 318 g/mol. The maximum Gasteiger partial charge on any atom is 0.243 e. The van der Waals surface area contributed by atoms with Gasteiger partial charge in [-0.3, -0.25) is 4.79 Å². The van der Waals surface area contributed by atoms with Crippen LogP contribution in [0.25, 0.3) is 0 Å². The Morgan fingerprint density at radius 3 is 2.82 bits per heavy atom. The summed E-state index contributed by atoms with van der Waals surface area (Å²) in [5, 5.41) is 8.08. The summed E-state index contributed by atoms with van der Waals surface area (Å²) in [4.78, 5) is 16.9. The molecule has 0 aliphatic heterocycles. The van der Waals surface area contributed by atoms with E-state index in [0.29, 0.717) is 11.6 Å². The SMILES string of the molecule is Cc1cc(NC(=O)[C@@H](Sc2nccs2)c2ccccc2)no1. The maximum atomic E-state index is 12.6. The maximum absolute atomic E-state index is 12.6. The normalized spacial score (nSPS) is 12.0. The molecule has 1 N–H and O–H groups in total. The lowest BCUT2D eigenvalue weighted by Gasteiger charge is -2.14. The Hall–Kier alpha value is -2.12. The number of rotatable bonds is 5. The largest absolute Gasteiger partial charge is 0.360 e. The number of nitrogens with zero attached hydrogens (tertiary/aromatic N) is 2. The molecule has 3 aromatic rings. The highest BCUT2D eigenvalue weighted by Crippen LogP contribution is 2.37. The van der Waals surface area contributed by atoms with Crippen molar-refractivity contribution in [2.75, 3.05) is 5.32 Å². The van der Waals surface area contributed by atoms with Crippen LogP contribution in [0.15, 0.2) is 56.8 Å². The van der Waals surface area contributed by atoms with Gasteiger partial charge in [0.1, 0.15) is 11.0 Å². The number of hydrogen-bond acceptors (Lipinski definition) is 6. The van der Waals surface area contributed by atoms with Crippen molar-refractivity contribution in [3.05, 3.63) is 59.3 Å². The first kappa shape index (κ1) is 14.8. The molecule has 0 saturated carbocycles. The Kier molecular flexibility index (Phi) is 4.55. The smallest absolute Gasteiger partial charge is 0.243 e. The van der Waals surface area contributed by atoms with Crippen molar-refractivity contribution in [2.24, 2.45) is 0 Å². The highest BCUT2D eigenvalue weighted by Gasteiger charge is 2.24. The van der Waals surface area contributed by atoms with Crippen LogP contribution in [0.5, 0.6) is 0 Å². The lowest BCUT2D eigenvalue weighted by Crippen LogP contribution is -2.19. The van der Waals surface area contributed by atoms with Gasteiger partial charge in [0.2, 0.25) is 5.91 Å². The van der Waals surface area contributed by atoms with Gasteiger partial charge in [-0.25, -0.2) is 4.98 Å². The van der Waals surface area contributed by atoms with Gasteiger partial charge in [-0.2, -0.15) is 0 Å². The summed E-state index contributed by atoms with van der Waals surface area (Å²) in [6.45, 7) is 1.78. The number of thiazole rings is 1. The summed E-state index contributed by atoms with van der Waals surface area (Å²) in [7, 11) is 0. The van der Waals surface area contributed by atoms with Crippen LogP contribution >= 0.6 is 23.1 Å². The molecular formula is C15H13N3O2S2. The zero-order valence-corrected chi connectivity index (χ0v) is 13.4. The van der Waals surface area contributed by atoms with E-state index in [9.17, 15) is 4.79 Å². The highest BCUT2D eigenvalue weighted by atomic mass is 32.2. The summed E-state index contributed by atoms with van der Waals surface area (Å²) in [5.74, 6) is 0.919. The minimum Gasteiger partial charge on any atom is -0.360 e. The van der Waals surface area contributed by atoms with Gasteiger partial charge >= 0.3 is 0 Å². The molecule has 22 heavy (non-hydrogen) atoms. The quantitative estimate of drug-likeness (QED) is 0.718. The molecule has 0 fully saturated rings. The Morgan fingerprint density at radius 2 is 2.18 bits per heavy atom. The number of aromatic nitrogens is 2. The van der Waals surface area contributed by atoms with Crippen LogP contribution in [0.2, 0.25) is 0 Å². The first-order valence-corrected chi connectivity index (χ1v) is 8.33. The van der Waals surface area contributed by atoms with Crippen molar-refractivity contribution in [3.8, 4) is 0 Å². The van der Waals surface area contributed by atoms with Gasteiger partial charge in [-0.15, -0.1) is 11.3 Å². The molecule has 0 spiro atoms. The van der Waals surface area contributed by atoms with Crippen LogP contribution < -0.4 is 5.32 Å². The number of anilines is 1. The van der Waals surface area contributed by atoms with Crippen molar-refractivity contribution >= 4 is 34.8 Å². The molecule has 112 valence electrons. The molecule has 5 nitrogen and oxygen atoms in total. The number of thioether (sulfide) groups is 1. The monoisotopic (exact) mass is 331 g/mol. The third kappa shape index (κ3) is 3.55. The summed E-state index contributed by atoms with van der Waals surface area (Å²) in [6.07, 6.45) is 1.73. The van der Waals surface area contributed by atoms with Crippen molar-refractivity contribution < 1.29 is 9.32 Å². The summed E-state index contributed by atoms with van der Waals surface area (Å²) >= 11 is 2.93. The van der Waals surface area contributed by atoms with Crippen LogP contribution in [0.1, 0.15) is 16.6 Å². The number of benzene rings is 1. The van der Waals surface area contributed by atoms with Crippen molar-refractivity contribution in [1.82, 2.24) is 10.1 Å². The van der Waals surface area contributed by atoms with E-state index >= 15 is 0 Å². The third-order valence-corrected chi connectivity index (χ3v) is 5.02. The van der Waals surface area contributed by atoms with E-state index in [1.54, 1.807) is 19.2 Å². The number of amides is 1. The topological polar surface area (TPSA) is 68.0 Å². The Morgan fingerprint density at radius 1 is 1.36 bits per heavy atom. The fourth-order valence-corrected chi connectivity index (χ4v) is 3.71. The second-order valence-electron chi connectivity index (χ2n) is 4.52. The van der Waals surface area contributed by atoms with Crippen LogP contribution in [0, 0.1) is 6.92 Å². The molecule has 0 radical (unpaired) electrons. The predicted molar refractivity (Wildman–Crippen MR) is 87.0 cm³/mol. The van der Waals surface area contributed by atoms with Crippen LogP contribution in [0.3, 0.4) is 0 Å². The molecule has 7 heteroatoms. The van der Waals surface area contributed by atoms with Gasteiger partial charge < -0.3 is 9.84 Å². The van der Waals surface area contributed by atoms with Gasteiger partial charge in [-0.05, 0) is 12.5 Å². The molecule has 3 rings (SSSR count). The van der Waals surface area contributed by atoms with E-state index in [2.05, 4.69) is 15.5 Å². The molecule has 1 atom stereocenters. The first-order valence-electron chi connectivity index (χ1n) is 6.57. The second-order valence-corrected chi connectivity index (χ2v) is 6.77. The molecule has 2 heterocycles. The first-order chi connectivity index (χ1) is 10.7. The Balaban J connectivity index is 1.82. The van der Waals surface area contributed by atoms with E-state index < -0.39 is 5.25 Å². The van der Waals surface area contributed by atoms with Crippen LogP contribution in [-0.2, 0) is 4.79 Å². The van der Waals surface area contributed by atoms with E-state index in [1.165, 1.54) is 23.1 Å². The fourth-order valence-electron chi connectivity index (χ4n) is 1.89. The van der Waals surface area contributed by atoms with E-state index in [-0.39, 0.29) is 5.91 Å². The standard InChI is InChI=1S/C15H13N3O2S2/c1-10-9-12(18-20-10)17-14(19)13(11-5-3-2-4-6-11)22-15-16-7-8-21-15/h2-9,13H,1H3,(H,17,18,19)/t13-/m0/s1. The number of hydrogen-bond donors (Lipinski definition) is 1. The lowest BCUT2D eigenvalue weighted by atomic mass is 10.1. The van der Waals surface area contributed by atoms with E-state index in [0.717, 1.165) is 9.90 Å². The predicted octanol–water partition coefficient (Wildman–Crippen LogP) is 3.91. The minimum atomic E-state index is -0.399. The molecule has 0 saturated heterocycles. The van der Waals surface area contributed by atoms with Crippen molar-refractivity contribution in [1.29, 1.82) is 0 Å². The van der Waals surface area contributed by atoms with Gasteiger partial charge in [0.05, 0.1) is 0 Å². The van der Waals surface area contributed by atoms with Gasteiger partial charge in [0, 0.05) is 17.6 Å². The van der Waals surface area contributed by atoms with Crippen molar-refractivity contribution in [3.63, 3.8) is 0 Å². The molecule has 2 aromatic heterocycles. The molecule has 0 aliphatic carbocycles. The summed E-state index contributed by atoms with van der Waals surface area (Å²) in [5.41, 5.74) is 0.917. The van der Waals surface area contributed by atoms with E-state index in [4.69, 9.17) is 4.52 Å². The number of aryl methyl sites for hydroxylation is 1. The molecule has 1 amide bonds. The molecule has 0 unspecified atom stereocenters. The Bertz CT molecular complexity index is 741. The van der Waals surface area contributed by atoms with Crippen molar-refractivity contribution in [2.45, 2.75) is 16.5 Å². The Labute approximate surface area is 135 Å². The second kappa shape index (κ2) is 6.76. The average molecular weight is 331 g/mol. The minimum absolute atomic E-state index is 0.153. The number of carbonyl (C=O) groups excluding carboxylic acids is 1. The van der Waals surface area contributed by atoms with Gasteiger partial charge in [-0.1, -0.05) is 47.3 Å².